The van der Waals surface area contributed by atoms with Gasteiger partial charge in [-0.1, -0.05) is 24.3 Å². The Bertz CT molecular complexity index is 1330. The van der Waals surface area contributed by atoms with Gasteiger partial charge in [-0.15, -0.1) is 0 Å². The maximum atomic E-state index is 12.5. The van der Waals surface area contributed by atoms with Crippen molar-refractivity contribution in [1.29, 1.82) is 5.26 Å². The molecule has 5 rings (SSSR count). The van der Waals surface area contributed by atoms with E-state index in [1.165, 1.54) is 6.33 Å². The van der Waals surface area contributed by atoms with Gasteiger partial charge in [0.25, 0.3) is 5.91 Å². The molecular weight excluding hydrogens is 376 g/mol. The van der Waals surface area contributed by atoms with Gasteiger partial charge in [0.15, 0.2) is 5.65 Å². The number of aryl methyl sites for hydroxylation is 1. The first-order valence-corrected chi connectivity index (χ1v) is 9.75. The van der Waals surface area contributed by atoms with Gasteiger partial charge < -0.3 is 5.32 Å². The number of carbonyl (C=O) groups is 1. The van der Waals surface area contributed by atoms with Crippen molar-refractivity contribution in [1.82, 2.24) is 24.8 Å². The maximum absolute atomic E-state index is 12.5. The van der Waals surface area contributed by atoms with E-state index in [2.05, 4.69) is 26.3 Å². The third-order valence-corrected chi connectivity index (χ3v) is 5.28. The normalized spacial score (nSPS) is 13.2. The molecule has 146 valence electrons. The van der Waals surface area contributed by atoms with Gasteiger partial charge in [-0.05, 0) is 43.5 Å². The van der Waals surface area contributed by atoms with E-state index in [0.717, 1.165) is 24.1 Å². The highest BCUT2D eigenvalue weighted by atomic mass is 16.1. The number of hydrogen-bond donors (Lipinski definition) is 1. The van der Waals surface area contributed by atoms with Crippen LogP contribution in [0.4, 0.5) is 0 Å². The van der Waals surface area contributed by atoms with Crippen molar-refractivity contribution in [3.63, 3.8) is 0 Å². The van der Waals surface area contributed by atoms with Crippen molar-refractivity contribution in [3.8, 4) is 23.0 Å². The molecule has 2 heterocycles. The summed E-state index contributed by atoms with van der Waals surface area (Å²) in [4.78, 5) is 25.9. The Morgan fingerprint density at radius 2 is 2.00 bits per heavy atom. The molecule has 0 atom stereocenters. The van der Waals surface area contributed by atoms with E-state index in [4.69, 9.17) is 0 Å². The van der Waals surface area contributed by atoms with Crippen LogP contribution in [0.3, 0.4) is 0 Å². The minimum Gasteiger partial charge on any atom is -0.349 e. The van der Waals surface area contributed by atoms with E-state index in [1.807, 2.05) is 47.9 Å². The minimum absolute atomic E-state index is 0.0681. The van der Waals surface area contributed by atoms with Gasteiger partial charge in [-0.3, -0.25) is 9.36 Å². The van der Waals surface area contributed by atoms with E-state index in [0.29, 0.717) is 39.6 Å². The molecule has 1 fully saturated rings. The number of amides is 1. The van der Waals surface area contributed by atoms with Gasteiger partial charge in [0.05, 0.1) is 17.3 Å². The predicted molar refractivity (Wildman–Crippen MR) is 112 cm³/mol. The second-order valence-corrected chi connectivity index (χ2v) is 7.42. The first-order chi connectivity index (χ1) is 14.7. The van der Waals surface area contributed by atoms with E-state index >= 15 is 0 Å². The fraction of sp³-hybridized carbons (Fsp3) is 0.174. The van der Waals surface area contributed by atoms with Gasteiger partial charge in [-0.2, -0.15) is 5.26 Å². The average molecular weight is 394 g/mol. The number of carbonyl (C=O) groups excluding carboxylic acids is 1. The van der Waals surface area contributed by atoms with Crippen LogP contribution >= 0.6 is 0 Å². The molecule has 0 unspecified atom stereocenters. The third-order valence-electron chi connectivity index (χ3n) is 5.28. The van der Waals surface area contributed by atoms with Crippen LogP contribution in [0.15, 0.2) is 55.1 Å². The molecular formula is C23H18N6O. The van der Waals surface area contributed by atoms with Gasteiger partial charge >= 0.3 is 0 Å². The fourth-order valence-corrected chi connectivity index (χ4v) is 3.50. The summed E-state index contributed by atoms with van der Waals surface area (Å²) in [5.41, 5.74) is 5.51. The molecule has 1 N–H and O–H groups in total. The Hall–Kier alpha value is -4.05. The molecule has 2 aromatic carbocycles. The summed E-state index contributed by atoms with van der Waals surface area (Å²) in [6.07, 6.45) is 5.24. The van der Waals surface area contributed by atoms with E-state index in [9.17, 15) is 10.1 Å². The van der Waals surface area contributed by atoms with Crippen LogP contribution in [0.5, 0.6) is 0 Å². The van der Waals surface area contributed by atoms with Crippen LogP contribution in [0.25, 0.3) is 28.1 Å². The Labute approximate surface area is 173 Å². The number of aromatic nitrogens is 4. The highest BCUT2D eigenvalue weighted by Crippen LogP contribution is 2.29. The maximum Gasteiger partial charge on any atom is 0.251 e. The van der Waals surface area contributed by atoms with Crippen molar-refractivity contribution in [2.45, 2.75) is 25.8 Å². The molecule has 0 saturated heterocycles. The molecule has 0 aliphatic heterocycles. The van der Waals surface area contributed by atoms with Crippen LogP contribution < -0.4 is 5.32 Å². The number of imidazole rings is 1. The highest BCUT2D eigenvalue weighted by molar-refractivity contribution is 5.95. The molecule has 1 aliphatic rings. The lowest BCUT2D eigenvalue weighted by atomic mass is 10.0. The molecule has 0 spiro atoms. The summed E-state index contributed by atoms with van der Waals surface area (Å²) in [7, 11) is 0. The molecule has 0 bridgehead atoms. The predicted octanol–water partition coefficient (Wildman–Crippen LogP) is 3.55. The van der Waals surface area contributed by atoms with Crippen molar-refractivity contribution in [3.05, 3.63) is 71.8 Å². The smallest absolute Gasteiger partial charge is 0.251 e. The van der Waals surface area contributed by atoms with Gasteiger partial charge in [-0.25, -0.2) is 15.0 Å². The van der Waals surface area contributed by atoms with Crippen LogP contribution in [0, 0.1) is 18.3 Å². The lowest BCUT2D eigenvalue weighted by molar-refractivity contribution is 0.0951. The third kappa shape index (κ3) is 3.08. The largest absolute Gasteiger partial charge is 0.349 e. The molecule has 30 heavy (non-hydrogen) atoms. The van der Waals surface area contributed by atoms with Crippen LogP contribution in [0.1, 0.15) is 34.3 Å². The lowest BCUT2D eigenvalue weighted by Crippen LogP contribution is -2.25. The number of hydrogen-bond acceptors (Lipinski definition) is 5. The molecule has 0 radical (unpaired) electrons. The summed E-state index contributed by atoms with van der Waals surface area (Å²) >= 11 is 0. The average Bonchev–Trinajstić information content (AvgIpc) is 3.49. The number of nitrogens with zero attached hydrogens (tertiary/aromatic N) is 5. The Morgan fingerprint density at radius 3 is 2.80 bits per heavy atom. The number of nitriles is 1. The van der Waals surface area contributed by atoms with Gasteiger partial charge in [0.1, 0.15) is 23.9 Å². The van der Waals surface area contributed by atoms with Crippen molar-refractivity contribution in [2.24, 2.45) is 0 Å². The second-order valence-electron chi connectivity index (χ2n) is 7.42. The summed E-state index contributed by atoms with van der Waals surface area (Å²) in [6, 6.07) is 15.4. The summed E-state index contributed by atoms with van der Waals surface area (Å²) in [5, 5.41) is 12.5. The zero-order valence-corrected chi connectivity index (χ0v) is 16.3. The molecule has 1 saturated carbocycles. The monoisotopic (exact) mass is 394 g/mol. The molecule has 7 nitrogen and oxygen atoms in total. The molecule has 1 amide bonds. The minimum atomic E-state index is -0.0681. The van der Waals surface area contributed by atoms with Crippen molar-refractivity contribution < 1.29 is 4.79 Å². The summed E-state index contributed by atoms with van der Waals surface area (Å²) in [6.45, 7) is 1.98. The zero-order valence-electron chi connectivity index (χ0n) is 16.3. The lowest BCUT2D eigenvalue weighted by Gasteiger charge is -2.11. The van der Waals surface area contributed by atoms with Crippen molar-refractivity contribution in [2.75, 3.05) is 0 Å². The second kappa shape index (κ2) is 7.08. The summed E-state index contributed by atoms with van der Waals surface area (Å²) in [5.74, 6) is -0.0681. The number of rotatable bonds is 4. The van der Waals surface area contributed by atoms with Crippen LogP contribution in [0.2, 0.25) is 0 Å². The molecule has 4 aromatic rings. The van der Waals surface area contributed by atoms with Crippen LogP contribution in [-0.2, 0) is 0 Å². The first kappa shape index (κ1) is 18.0. The molecule has 7 heteroatoms. The Kier molecular flexibility index (Phi) is 4.25. The zero-order chi connectivity index (χ0) is 20.7. The Morgan fingerprint density at radius 1 is 1.17 bits per heavy atom. The molecule has 1 aliphatic carbocycles. The fourth-order valence-electron chi connectivity index (χ4n) is 3.50. The van der Waals surface area contributed by atoms with E-state index in [-0.39, 0.29) is 5.91 Å². The van der Waals surface area contributed by atoms with E-state index < -0.39 is 0 Å². The van der Waals surface area contributed by atoms with Crippen LogP contribution in [-0.4, -0.2) is 31.5 Å². The SMILES string of the molecule is Cc1ccc(C(=O)NC2CC2)cc1-n1cnc2c(-c3ccccc3C#N)ncnc21. The highest BCUT2D eigenvalue weighted by Gasteiger charge is 2.24. The summed E-state index contributed by atoms with van der Waals surface area (Å²) < 4.78 is 1.86. The Balaban J connectivity index is 1.63. The van der Waals surface area contributed by atoms with E-state index in [1.54, 1.807) is 12.4 Å². The number of fused-ring (bicyclic) bond motifs is 1. The first-order valence-electron chi connectivity index (χ1n) is 9.75. The molecule has 2 aromatic heterocycles. The number of nitrogens with one attached hydrogen (secondary N) is 1. The quantitative estimate of drug-likeness (QED) is 0.571. The van der Waals surface area contributed by atoms with Gasteiger partial charge in [0, 0.05) is 17.2 Å². The van der Waals surface area contributed by atoms with Crippen molar-refractivity contribution >= 4 is 17.1 Å². The standard InChI is InChI=1S/C23H18N6O/c1-14-6-7-15(23(30)28-17-8-9-17)10-19(14)29-13-27-21-20(25-12-26-22(21)29)18-5-3-2-4-16(18)11-24/h2-7,10,12-13,17H,8-9H2,1H3,(H,28,30). The number of benzene rings is 2. The topological polar surface area (TPSA) is 96.5 Å². The van der Waals surface area contributed by atoms with Gasteiger partial charge in [0.2, 0.25) is 0 Å².